The van der Waals surface area contributed by atoms with Crippen molar-refractivity contribution >= 4 is 51.2 Å². The SMILES string of the molecule is CC(C)(C)OC(=O)NC(Cc1cc(Cl)c(Cl)c(Br)c1O)C(=O)O. The zero-order valence-electron chi connectivity index (χ0n) is 12.6. The molecule has 0 saturated heterocycles. The lowest BCUT2D eigenvalue weighted by molar-refractivity contribution is -0.139. The predicted octanol–water partition coefficient (Wildman–Crippen LogP) is 3.98. The number of aliphatic carboxylic acids is 1. The van der Waals surface area contributed by atoms with Crippen molar-refractivity contribution in [3.05, 3.63) is 26.1 Å². The van der Waals surface area contributed by atoms with E-state index in [4.69, 9.17) is 27.9 Å². The molecule has 0 aromatic heterocycles. The summed E-state index contributed by atoms with van der Waals surface area (Å²) in [5, 5.41) is 21.8. The van der Waals surface area contributed by atoms with Gasteiger partial charge in [0.2, 0.25) is 0 Å². The van der Waals surface area contributed by atoms with Gasteiger partial charge in [-0.2, -0.15) is 0 Å². The maximum atomic E-state index is 11.7. The van der Waals surface area contributed by atoms with E-state index in [1.165, 1.54) is 6.07 Å². The topological polar surface area (TPSA) is 95.9 Å². The smallest absolute Gasteiger partial charge is 0.408 e. The maximum Gasteiger partial charge on any atom is 0.408 e. The number of phenols is 1. The number of hydrogen-bond acceptors (Lipinski definition) is 4. The Morgan fingerprint density at radius 3 is 2.43 bits per heavy atom. The Labute approximate surface area is 151 Å². The van der Waals surface area contributed by atoms with Gasteiger partial charge in [0, 0.05) is 6.42 Å². The van der Waals surface area contributed by atoms with E-state index in [-0.39, 0.29) is 32.3 Å². The van der Waals surface area contributed by atoms with Gasteiger partial charge in [0.05, 0.1) is 14.5 Å². The lowest BCUT2D eigenvalue weighted by Crippen LogP contribution is -2.44. The van der Waals surface area contributed by atoms with Crippen LogP contribution in [0.25, 0.3) is 0 Å². The van der Waals surface area contributed by atoms with Crippen molar-refractivity contribution in [3.63, 3.8) is 0 Å². The molecule has 6 nitrogen and oxygen atoms in total. The van der Waals surface area contributed by atoms with Crippen LogP contribution in [0, 0.1) is 0 Å². The summed E-state index contributed by atoms with van der Waals surface area (Å²) in [7, 11) is 0. The summed E-state index contributed by atoms with van der Waals surface area (Å²) in [6, 6.07) is 0.0383. The van der Waals surface area contributed by atoms with Gasteiger partial charge >= 0.3 is 12.1 Å². The third-order valence-corrected chi connectivity index (χ3v) is 4.42. The van der Waals surface area contributed by atoms with Gasteiger partial charge in [0.25, 0.3) is 0 Å². The van der Waals surface area contributed by atoms with Crippen LogP contribution in [0.5, 0.6) is 5.75 Å². The van der Waals surface area contributed by atoms with Gasteiger partial charge in [-0.1, -0.05) is 23.2 Å². The van der Waals surface area contributed by atoms with E-state index in [0.29, 0.717) is 0 Å². The number of nitrogens with one attached hydrogen (secondary N) is 1. The van der Waals surface area contributed by atoms with Gasteiger partial charge in [-0.05, 0) is 48.3 Å². The number of carboxylic acids is 1. The molecule has 0 saturated carbocycles. The van der Waals surface area contributed by atoms with Crippen LogP contribution < -0.4 is 5.32 Å². The number of rotatable bonds is 4. The second-order valence-corrected chi connectivity index (χ2v) is 7.31. The van der Waals surface area contributed by atoms with Gasteiger partial charge in [-0.15, -0.1) is 0 Å². The Morgan fingerprint density at radius 1 is 1.39 bits per heavy atom. The minimum absolute atomic E-state index is 0.111. The van der Waals surface area contributed by atoms with Crippen molar-refractivity contribution in [2.24, 2.45) is 0 Å². The molecule has 1 atom stereocenters. The molecule has 0 fully saturated rings. The average Bonchev–Trinajstić information content (AvgIpc) is 2.39. The third-order valence-electron chi connectivity index (χ3n) is 2.63. The van der Waals surface area contributed by atoms with Crippen LogP contribution in [0.4, 0.5) is 4.79 Å². The van der Waals surface area contributed by atoms with Gasteiger partial charge < -0.3 is 20.3 Å². The molecule has 0 spiro atoms. The van der Waals surface area contributed by atoms with E-state index < -0.39 is 23.7 Å². The van der Waals surface area contributed by atoms with E-state index in [9.17, 15) is 19.8 Å². The largest absolute Gasteiger partial charge is 0.506 e. The molecule has 0 aliphatic carbocycles. The van der Waals surface area contributed by atoms with Gasteiger partial charge in [-0.3, -0.25) is 0 Å². The van der Waals surface area contributed by atoms with Crippen molar-refractivity contribution in [1.82, 2.24) is 5.32 Å². The Balaban J connectivity index is 2.98. The molecule has 0 bridgehead atoms. The Hall–Kier alpha value is -1.18. The fourth-order valence-corrected chi connectivity index (χ4v) is 2.61. The van der Waals surface area contributed by atoms with E-state index in [1.807, 2.05) is 0 Å². The summed E-state index contributed by atoms with van der Waals surface area (Å²) in [6.07, 6.45) is -1.07. The standard InChI is InChI=1S/C14H16BrCl2NO5/c1-14(2,3)23-13(22)18-8(12(20)21)5-6-4-7(16)10(17)9(15)11(6)19/h4,8,19H,5H2,1-3H3,(H,18,22)(H,20,21). The summed E-state index contributed by atoms with van der Waals surface area (Å²) >= 11 is 14.9. The van der Waals surface area contributed by atoms with Crippen molar-refractivity contribution in [1.29, 1.82) is 0 Å². The molecule has 3 N–H and O–H groups in total. The van der Waals surface area contributed by atoms with Gasteiger partial charge in [0.1, 0.15) is 17.4 Å². The number of ether oxygens (including phenoxy) is 1. The summed E-state index contributed by atoms with van der Waals surface area (Å²) in [5.41, 5.74) is -0.545. The number of hydrogen-bond donors (Lipinski definition) is 3. The van der Waals surface area contributed by atoms with Crippen molar-refractivity contribution in [2.75, 3.05) is 0 Å². The fraction of sp³-hybridized carbons (Fsp3) is 0.429. The first-order valence-electron chi connectivity index (χ1n) is 6.50. The average molecular weight is 429 g/mol. The number of carbonyl (C=O) groups excluding carboxylic acids is 1. The quantitative estimate of drug-likeness (QED) is 0.630. The highest BCUT2D eigenvalue weighted by Crippen LogP contribution is 2.40. The van der Waals surface area contributed by atoms with E-state index >= 15 is 0 Å². The van der Waals surface area contributed by atoms with Crippen LogP contribution in [-0.2, 0) is 16.0 Å². The lowest BCUT2D eigenvalue weighted by Gasteiger charge is -2.22. The molecule has 0 aliphatic rings. The molecule has 1 aromatic rings. The molecule has 9 heteroatoms. The van der Waals surface area contributed by atoms with E-state index in [0.717, 1.165) is 0 Å². The first-order valence-corrected chi connectivity index (χ1v) is 8.05. The Morgan fingerprint density at radius 2 is 1.96 bits per heavy atom. The molecular weight excluding hydrogens is 413 g/mol. The van der Waals surface area contributed by atoms with Crippen LogP contribution in [0.1, 0.15) is 26.3 Å². The highest BCUT2D eigenvalue weighted by molar-refractivity contribution is 9.10. The zero-order valence-corrected chi connectivity index (χ0v) is 15.7. The molecule has 0 aliphatic heterocycles. The minimum Gasteiger partial charge on any atom is -0.506 e. The first-order chi connectivity index (χ1) is 10.4. The maximum absolute atomic E-state index is 11.7. The van der Waals surface area contributed by atoms with Gasteiger partial charge in [-0.25, -0.2) is 9.59 Å². The molecule has 0 heterocycles. The van der Waals surface area contributed by atoms with Gasteiger partial charge in [0.15, 0.2) is 0 Å². The van der Waals surface area contributed by atoms with E-state index in [2.05, 4.69) is 21.2 Å². The molecule has 128 valence electrons. The number of benzene rings is 1. The number of alkyl carbamates (subject to hydrolysis) is 1. The number of carbonyl (C=O) groups is 2. The van der Waals surface area contributed by atoms with Crippen molar-refractivity contribution < 1.29 is 24.5 Å². The number of aromatic hydroxyl groups is 1. The summed E-state index contributed by atoms with van der Waals surface area (Å²) < 4.78 is 5.18. The number of amides is 1. The van der Waals surface area contributed by atoms with Crippen LogP contribution in [0.15, 0.2) is 10.5 Å². The molecular formula is C14H16BrCl2NO5. The summed E-state index contributed by atoms with van der Waals surface area (Å²) in [4.78, 5) is 23.1. The normalized spacial score (nSPS) is 12.6. The Kier molecular flexibility index (Phi) is 6.56. The number of carboxylic acid groups (broad SMARTS) is 1. The van der Waals surface area contributed by atoms with Crippen molar-refractivity contribution in [2.45, 2.75) is 38.8 Å². The van der Waals surface area contributed by atoms with E-state index in [1.54, 1.807) is 20.8 Å². The predicted molar refractivity (Wildman–Crippen MR) is 90.3 cm³/mol. The van der Waals surface area contributed by atoms with Crippen LogP contribution in [-0.4, -0.2) is 33.9 Å². The van der Waals surface area contributed by atoms with Crippen LogP contribution in [0.2, 0.25) is 10.0 Å². The fourth-order valence-electron chi connectivity index (χ4n) is 1.66. The van der Waals surface area contributed by atoms with Crippen LogP contribution in [0.3, 0.4) is 0 Å². The second kappa shape index (κ2) is 7.59. The molecule has 0 radical (unpaired) electrons. The third kappa shape index (κ3) is 5.75. The lowest BCUT2D eigenvalue weighted by atomic mass is 10.0. The molecule has 1 rings (SSSR count). The minimum atomic E-state index is -1.31. The molecule has 1 aromatic carbocycles. The summed E-state index contributed by atoms with van der Waals surface area (Å²) in [6.45, 7) is 4.97. The monoisotopic (exact) mass is 427 g/mol. The number of phenolic OH excluding ortho intramolecular Hbond substituents is 1. The molecule has 1 amide bonds. The first kappa shape index (κ1) is 19.9. The van der Waals surface area contributed by atoms with Crippen LogP contribution >= 0.6 is 39.1 Å². The second-order valence-electron chi connectivity index (χ2n) is 5.74. The van der Waals surface area contributed by atoms with Crippen molar-refractivity contribution in [3.8, 4) is 5.75 Å². The molecule has 1 unspecified atom stereocenters. The number of halogens is 3. The Bertz CT molecular complexity index is 631. The molecule has 23 heavy (non-hydrogen) atoms. The highest BCUT2D eigenvalue weighted by Gasteiger charge is 2.26. The zero-order chi connectivity index (χ0) is 17.9. The highest BCUT2D eigenvalue weighted by atomic mass is 79.9. The summed E-state index contributed by atoms with van der Waals surface area (Å²) in [5.74, 6) is -1.52.